The molecule has 44 valence electrons. The Morgan fingerprint density at radius 3 is 2.75 bits per heavy atom. The molecule has 2 nitrogen and oxygen atoms in total. The fraction of sp³-hybridized carbons (Fsp3) is 0.800. The van der Waals surface area contributed by atoms with E-state index < -0.39 is 0 Å². The van der Waals surface area contributed by atoms with E-state index in [1.807, 2.05) is 0 Å². The van der Waals surface area contributed by atoms with Gasteiger partial charge in [-0.1, -0.05) is 0 Å². The van der Waals surface area contributed by atoms with E-state index >= 15 is 0 Å². The van der Waals surface area contributed by atoms with Crippen LogP contribution in [0, 0.1) is 11.3 Å². The predicted molar refractivity (Wildman–Crippen MR) is 39.4 cm³/mol. The van der Waals surface area contributed by atoms with Crippen molar-refractivity contribution in [3.05, 3.63) is 0 Å². The Morgan fingerprint density at radius 2 is 2.50 bits per heavy atom. The van der Waals surface area contributed by atoms with Crippen molar-refractivity contribution in [2.75, 3.05) is 6.54 Å². The Labute approximate surface area is 63.0 Å². The number of hydrogen-bond donors (Lipinski definition) is 0. The highest BCUT2D eigenvalue weighted by atomic mass is 127. The molecular formula is C5H7IN2. The van der Waals surface area contributed by atoms with Crippen LogP contribution in [0.3, 0.4) is 0 Å². The normalized spacial score (nSPS) is 30.2. The average molecular weight is 222 g/mol. The standard InChI is InChI=1S/C5H7IN2/c6-8-3-1-2-5(8)4-7/h5H,1-3H2. The number of nitriles is 1. The first-order valence-electron chi connectivity index (χ1n) is 2.66. The van der Waals surface area contributed by atoms with E-state index in [4.69, 9.17) is 5.26 Å². The van der Waals surface area contributed by atoms with Crippen LogP contribution >= 0.6 is 22.9 Å². The lowest BCUT2D eigenvalue weighted by Crippen LogP contribution is -2.15. The molecule has 0 N–H and O–H groups in total. The van der Waals surface area contributed by atoms with E-state index in [1.165, 1.54) is 6.42 Å². The lowest BCUT2D eigenvalue weighted by molar-refractivity contribution is 0.555. The second-order valence-corrected chi connectivity index (χ2v) is 3.15. The van der Waals surface area contributed by atoms with Gasteiger partial charge < -0.3 is 0 Å². The van der Waals surface area contributed by atoms with Gasteiger partial charge in [-0.25, -0.2) is 3.11 Å². The summed E-state index contributed by atoms with van der Waals surface area (Å²) in [6, 6.07) is 2.42. The molecule has 0 radical (unpaired) electrons. The van der Waals surface area contributed by atoms with Gasteiger partial charge in [-0.3, -0.25) is 0 Å². The van der Waals surface area contributed by atoms with Crippen LogP contribution in [0.4, 0.5) is 0 Å². The van der Waals surface area contributed by atoms with E-state index in [0.29, 0.717) is 0 Å². The maximum Gasteiger partial charge on any atom is 0.106 e. The van der Waals surface area contributed by atoms with Crippen LogP contribution in [0.2, 0.25) is 0 Å². The molecule has 1 heterocycles. The van der Waals surface area contributed by atoms with Crippen molar-refractivity contribution in [1.82, 2.24) is 3.11 Å². The summed E-state index contributed by atoms with van der Waals surface area (Å²) in [6.45, 7) is 1.08. The van der Waals surface area contributed by atoms with Gasteiger partial charge in [0.25, 0.3) is 0 Å². The van der Waals surface area contributed by atoms with Gasteiger partial charge in [0.2, 0.25) is 0 Å². The zero-order valence-corrected chi connectivity index (χ0v) is 6.63. The smallest absolute Gasteiger partial charge is 0.106 e. The quantitative estimate of drug-likeness (QED) is 0.456. The topological polar surface area (TPSA) is 27.0 Å². The summed E-state index contributed by atoms with van der Waals surface area (Å²) in [5, 5.41) is 8.44. The van der Waals surface area contributed by atoms with Crippen molar-refractivity contribution in [3.8, 4) is 6.07 Å². The first kappa shape index (κ1) is 6.30. The third kappa shape index (κ3) is 1.12. The molecule has 0 aromatic rings. The van der Waals surface area contributed by atoms with Gasteiger partial charge in [0.1, 0.15) is 6.04 Å². The summed E-state index contributed by atoms with van der Waals surface area (Å²) < 4.78 is 2.07. The van der Waals surface area contributed by atoms with Crippen molar-refractivity contribution in [2.24, 2.45) is 0 Å². The molecule has 0 amide bonds. The van der Waals surface area contributed by atoms with Gasteiger partial charge in [0.15, 0.2) is 0 Å². The van der Waals surface area contributed by atoms with Crippen LogP contribution in [-0.2, 0) is 0 Å². The minimum Gasteiger partial charge on any atom is -0.231 e. The van der Waals surface area contributed by atoms with Gasteiger partial charge in [0, 0.05) is 29.4 Å². The number of hydrogen-bond acceptors (Lipinski definition) is 2. The van der Waals surface area contributed by atoms with Crippen molar-refractivity contribution in [1.29, 1.82) is 5.26 Å². The highest BCUT2D eigenvalue weighted by Gasteiger charge is 2.20. The highest BCUT2D eigenvalue weighted by Crippen LogP contribution is 2.19. The summed E-state index contributed by atoms with van der Waals surface area (Å²) >= 11 is 2.20. The second-order valence-electron chi connectivity index (χ2n) is 1.91. The summed E-state index contributed by atoms with van der Waals surface area (Å²) in [5.41, 5.74) is 0. The Morgan fingerprint density at radius 1 is 1.75 bits per heavy atom. The van der Waals surface area contributed by atoms with Crippen LogP contribution < -0.4 is 0 Å². The molecule has 1 rings (SSSR count). The molecule has 3 heteroatoms. The van der Waals surface area contributed by atoms with Crippen molar-refractivity contribution >= 4 is 22.9 Å². The number of nitrogens with zero attached hydrogens (tertiary/aromatic N) is 2. The Hall–Kier alpha value is 0.180. The predicted octanol–water partition coefficient (Wildman–Crippen LogP) is 1.32. The molecule has 0 spiro atoms. The monoisotopic (exact) mass is 222 g/mol. The number of halogens is 1. The van der Waals surface area contributed by atoms with Crippen LogP contribution in [0.1, 0.15) is 12.8 Å². The van der Waals surface area contributed by atoms with Crippen LogP contribution in [0.25, 0.3) is 0 Å². The van der Waals surface area contributed by atoms with Gasteiger partial charge in [0.05, 0.1) is 6.07 Å². The molecule has 0 bridgehead atoms. The lowest BCUT2D eigenvalue weighted by Gasteiger charge is -2.06. The second kappa shape index (κ2) is 2.65. The minimum absolute atomic E-state index is 0.190. The molecular weight excluding hydrogens is 215 g/mol. The molecule has 1 saturated heterocycles. The largest absolute Gasteiger partial charge is 0.231 e. The van der Waals surface area contributed by atoms with Gasteiger partial charge >= 0.3 is 0 Å². The van der Waals surface area contributed by atoms with E-state index in [1.54, 1.807) is 0 Å². The summed E-state index contributed by atoms with van der Waals surface area (Å²) in [6.07, 6.45) is 2.24. The van der Waals surface area contributed by atoms with Gasteiger partial charge in [-0.05, 0) is 12.8 Å². The van der Waals surface area contributed by atoms with Crippen molar-refractivity contribution in [3.63, 3.8) is 0 Å². The maximum atomic E-state index is 8.44. The third-order valence-corrected chi connectivity index (χ3v) is 2.49. The third-order valence-electron chi connectivity index (χ3n) is 1.34. The molecule has 0 aromatic carbocycles. The molecule has 1 unspecified atom stereocenters. The van der Waals surface area contributed by atoms with Crippen molar-refractivity contribution in [2.45, 2.75) is 18.9 Å². The number of rotatable bonds is 0. The van der Waals surface area contributed by atoms with Crippen molar-refractivity contribution < 1.29 is 0 Å². The van der Waals surface area contributed by atoms with Gasteiger partial charge in [-0.2, -0.15) is 5.26 Å². The van der Waals surface area contributed by atoms with E-state index in [0.717, 1.165) is 13.0 Å². The fourth-order valence-electron chi connectivity index (χ4n) is 0.859. The zero-order valence-electron chi connectivity index (χ0n) is 4.47. The lowest BCUT2D eigenvalue weighted by atomic mass is 10.2. The summed E-state index contributed by atoms with van der Waals surface area (Å²) in [7, 11) is 0. The molecule has 1 fully saturated rings. The molecule has 1 aliphatic rings. The molecule has 0 saturated carbocycles. The highest BCUT2D eigenvalue weighted by molar-refractivity contribution is 14.1. The average Bonchev–Trinajstić information content (AvgIpc) is 2.14. The minimum atomic E-state index is 0.190. The summed E-state index contributed by atoms with van der Waals surface area (Å²) in [4.78, 5) is 0. The van der Waals surface area contributed by atoms with E-state index in [9.17, 15) is 0 Å². The van der Waals surface area contributed by atoms with E-state index in [-0.39, 0.29) is 6.04 Å². The molecule has 1 atom stereocenters. The van der Waals surface area contributed by atoms with Crippen LogP contribution in [0.15, 0.2) is 0 Å². The molecule has 8 heavy (non-hydrogen) atoms. The molecule has 1 aliphatic heterocycles. The van der Waals surface area contributed by atoms with Crippen LogP contribution in [0.5, 0.6) is 0 Å². The first-order chi connectivity index (χ1) is 3.84. The van der Waals surface area contributed by atoms with E-state index in [2.05, 4.69) is 32.0 Å². The Balaban J connectivity index is 2.45. The summed E-state index contributed by atoms with van der Waals surface area (Å²) in [5.74, 6) is 0. The van der Waals surface area contributed by atoms with Crippen LogP contribution in [-0.4, -0.2) is 15.7 Å². The molecule has 0 aromatic heterocycles. The first-order valence-corrected chi connectivity index (χ1v) is 3.63. The Bertz CT molecular complexity index is 118. The van der Waals surface area contributed by atoms with Gasteiger partial charge in [-0.15, -0.1) is 0 Å². The molecule has 0 aliphatic carbocycles. The maximum absolute atomic E-state index is 8.44. The Kier molecular flexibility index (Phi) is 2.08. The SMILES string of the molecule is N#CC1CCCN1I. The zero-order chi connectivity index (χ0) is 5.98. The fourth-order valence-corrected chi connectivity index (χ4v) is 1.60.